The third-order valence-corrected chi connectivity index (χ3v) is 5.95. The van der Waals surface area contributed by atoms with Crippen LogP contribution in [-0.4, -0.2) is 33.6 Å². The molecule has 3 rings (SSSR count). The van der Waals surface area contributed by atoms with Gasteiger partial charge in [0.25, 0.3) is 5.91 Å². The summed E-state index contributed by atoms with van der Waals surface area (Å²) in [6, 6.07) is 7.21. The highest BCUT2D eigenvalue weighted by molar-refractivity contribution is 6.36. The molecule has 1 N–H and O–H groups in total. The van der Waals surface area contributed by atoms with Gasteiger partial charge >= 0.3 is 12.1 Å². The van der Waals surface area contributed by atoms with E-state index >= 15 is 0 Å². The number of carboxylic acids is 1. The van der Waals surface area contributed by atoms with Crippen molar-refractivity contribution in [3.05, 3.63) is 75.7 Å². The van der Waals surface area contributed by atoms with E-state index in [2.05, 4.69) is 0 Å². The van der Waals surface area contributed by atoms with Crippen molar-refractivity contribution in [2.75, 3.05) is 0 Å². The number of hydrogen-bond donors (Lipinski definition) is 1. The topological polar surface area (TPSA) is 70.8 Å². The number of amides is 1. The van der Waals surface area contributed by atoms with Crippen LogP contribution in [0.4, 0.5) is 13.2 Å². The number of nitrogens with zero attached hydrogens (tertiary/aromatic N) is 1. The average Bonchev–Trinajstić information content (AvgIpc) is 3.19. The summed E-state index contributed by atoms with van der Waals surface area (Å²) >= 11 is 12.0. The molecule has 0 saturated heterocycles. The van der Waals surface area contributed by atoms with E-state index in [1.807, 2.05) is 0 Å². The molecule has 1 unspecified atom stereocenters. The predicted molar refractivity (Wildman–Crippen MR) is 118 cm³/mol. The summed E-state index contributed by atoms with van der Waals surface area (Å²) in [5, 5.41) is 10.1. The zero-order valence-corrected chi connectivity index (χ0v) is 19.1. The van der Waals surface area contributed by atoms with Crippen LogP contribution in [0, 0.1) is 5.92 Å². The Labute approximate surface area is 198 Å². The Kier molecular flexibility index (Phi) is 7.00. The summed E-state index contributed by atoms with van der Waals surface area (Å²) in [5.41, 5.74) is -1.25. The number of benzene rings is 1. The van der Waals surface area contributed by atoms with Crippen LogP contribution in [0.1, 0.15) is 42.1 Å². The monoisotopic (exact) mass is 501 g/mol. The minimum Gasteiger partial charge on any atom is -0.480 e. The van der Waals surface area contributed by atoms with E-state index in [0.29, 0.717) is 10.6 Å². The second-order valence-corrected chi connectivity index (χ2v) is 8.92. The molecule has 0 saturated carbocycles. The molecular formula is C23H20Cl2F3NO4. The molecule has 0 spiro atoms. The Bertz CT molecular complexity index is 1130. The molecule has 2 aromatic rings. The number of alkyl halides is 3. The molecule has 176 valence electrons. The van der Waals surface area contributed by atoms with E-state index in [4.69, 9.17) is 27.6 Å². The zero-order chi connectivity index (χ0) is 24.6. The highest BCUT2D eigenvalue weighted by Gasteiger charge is 2.41. The van der Waals surface area contributed by atoms with Gasteiger partial charge in [-0.25, -0.2) is 4.79 Å². The first-order valence-electron chi connectivity index (χ1n) is 9.84. The lowest BCUT2D eigenvalue weighted by atomic mass is 9.92. The van der Waals surface area contributed by atoms with Crippen LogP contribution in [-0.2, 0) is 11.3 Å². The van der Waals surface area contributed by atoms with Gasteiger partial charge in [-0.3, -0.25) is 4.79 Å². The quantitative estimate of drug-likeness (QED) is 0.483. The number of halogens is 5. The van der Waals surface area contributed by atoms with Crippen LogP contribution in [0.2, 0.25) is 10.0 Å². The number of aliphatic carboxylic acids is 1. The van der Waals surface area contributed by atoms with Crippen LogP contribution in [0.15, 0.2) is 53.0 Å². The van der Waals surface area contributed by atoms with Crippen LogP contribution in [0.5, 0.6) is 0 Å². The van der Waals surface area contributed by atoms with Gasteiger partial charge in [0, 0.05) is 5.02 Å². The summed E-state index contributed by atoms with van der Waals surface area (Å²) in [6.07, 6.45) is -0.721. The van der Waals surface area contributed by atoms with Crippen molar-refractivity contribution in [3.8, 4) is 0 Å². The van der Waals surface area contributed by atoms with Crippen molar-refractivity contribution in [2.24, 2.45) is 5.92 Å². The third kappa shape index (κ3) is 5.45. The molecular weight excluding hydrogens is 482 g/mol. The van der Waals surface area contributed by atoms with Gasteiger partial charge < -0.3 is 14.4 Å². The number of allylic oxidation sites excluding steroid dienone is 4. The average molecular weight is 502 g/mol. The fraction of sp³-hybridized carbons (Fsp3) is 0.304. The van der Waals surface area contributed by atoms with E-state index in [-0.39, 0.29) is 35.1 Å². The Morgan fingerprint density at radius 3 is 2.48 bits per heavy atom. The number of carbonyl (C=O) groups excluding carboxylic acids is 1. The van der Waals surface area contributed by atoms with Crippen molar-refractivity contribution >= 4 is 40.7 Å². The van der Waals surface area contributed by atoms with E-state index in [9.17, 15) is 27.9 Å². The Morgan fingerprint density at radius 2 is 1.88 bits per heavy atom. The molecule has 0 radical (unpaired) electrons. The van der Waals surface area contributed by atoms with Gasteiger partial charge in [0.05, 0.1) is 23.0 Å². The molecule has 33 heavy (non-hydrogen) atoms. The summed E-state index contributed by atoms with van der Waals surface area (Å²) in [7, 11) is 0. The van der Waals surface area contributed by atoms with Crippen molar-refractivity contribution in [1.29, 1.82) is 0 Å². The molecule has 1 aliphatic rings. The normalized spacial score (nSPS) is 16.5. The molecule has 1 aromatic heterocycles. The Hall–Kier alpha value is -2.71. The van der Waals surface area contributed by atoms with Gasteiger partial charge in [-0.05, 0) is 56.2 Å². The van der Waals surface area contributed by atoms with Crippen LogP contribution in [0.3, 0.4) is 0 Å². The van der Waals surface area contributed by atoms with Crippen LogP contribution in [0.25, 0.3) is 5.57 Å². The molecule has 1 aromatic carbocycles. The molecule has 1 amide bonds. The van der Waals surface area contributed by atoms with Crippen LogP contribution >= 0.6 is 23.2 Å². The summed E-state index contributed by atoms with van der Waals surface area (Å²) in [5.74, 6) is -3.13. The predicted octanol–water partition coefficient (Wildman–Crippen LogP) is 6.61. The van der Waals surface area contributed by atoms with Gasteiger partial charge in [0.1, 0.15) is 17.1 Å². The fourth-order valence-electron chi connectivity index (χ4n) is 3.32. The lowest BCUT2D eigenvalue weighted by Gasteiger charge is -2.34. The highest BCUT2D eigenvalue weighted by Crippen LogP contribution is 2.38. The van der Waals surface area contributed by atoms with E-state index in [0.717, 1.165) is 11.0 Å². The number of carbonyl (C=O) groups is 2. The summed E-state index contributed by atoms with van der Waals surface area (Å²) in [4.78, 5) is 26.2. The standard InChI is InChI=1S/C23H20Cl2F3NO4/c1-22(2,21(31)32)29(20(30)17-8-6-15(24)11-18(17)25)12-16-7-9-19(33-16)13-4-3-5-14(10-13)23(26,27)28/h3-9,11,14H,10,12H2,1-2H3,(H,31,32). The van der Waals surface area contributed by atoms with E-state index in [1.54, 1.807) is 0 Å². The molecule has 0 fully saturated rings. The molecule has 10 heteroatoms. The van der Waals surface area contributed by atoms with Gasteiger partial charge in [-0.1, -0.05) is 41.4 Å². The van der Waals surface area contributed by atoms with Crippen molar-refractivity contribution in [3.63, 3.8) is 0 Å². The SMILES string of the molecule is CC(C)(C(=O)O)N(Cc1ccc(C2=CC=CC(C(F)(F)F)C2)o1)C(=O)c1ccc(Cl)cc1Cl. The molecule has 1 atom stereocenters. The van der Waals surface area contributed by atoms with Gasteiger partial charge in [0.15, 0.2) is 0 Å². The largest absolute Gasteiger partial charge is 0.480 e. The smallest absolute Gasteiger partial charge is 0.395 e. The summed E-state index contributed by atoms with van der Waals surface area (Å²) < 4.78 is 45.0. The Balaban J connectivity index is 1.90. The lowest BCUT2D eigenvalue weighted by molar-refractivity contribution is -0.159. The first-order chi connectivity index (χ1) is 15.3. The van der Waals surface area contributed by atoms with E-state index < -0.39 is 29.5 Å². The van der Waals surface area contributed by atoms with Crippen molar-refractivity contribution in [1.82, 2.24) is 4.90 Å². The molecule has 0 aliphatic heterocycles. The second kappa shape index (κ2) is 9.27. The number of hydrogen-bond acceptors (Lipinski definition) is 3. The highest BCUT2D eigenvalue weighted by atomic mass is 35.5. The maximum Gasteiger partial charge on any atom is 0.395 e. The van der Waals surface area contributed by atoms with Gasteiger partial charge in [0.2, 0.25) is 0 Å². The third-order valence-electron chi connectivity index (χ3n) is 5.40. The summed E-state index contributed by atoms with van der Waals surface area (Å²) in [6.45, 7) is 2.45. The maximum atomic E-state index is 13.2. The van der Waals surface area contributed by atoms with E-state index in [1.165, 1.54) is 56.3 Å². The Morgan fingerprint density at radius 1 is 1.18 bits per heavy atom. The van der Waals surface area contributed by atoms with Crippen LogP contribution < -0.4 is 0 Å². The minimum absolute atomic E-state index is 0.0512. The molecule has 5 nitrogen and oxygen atoms in total. The van der Waals surface area contributed by atoms with Crippen molar-refractivity contribution in [2.45, 2.75) is 38.5 Å². The molecule has 0 bridgehead atoms. The van der Waals surface area contributed by atoms with Gasteiger partial charge in [-0.15, -0.1) is 0 Å². The molecule has 1 aliphatic carbocycles. The number of carboxylic acid groups (broad SMARTS) is 1. The fourth-order valence-corrected chi connectivity index (χ4v) is 3.81. The minimum atomic E-state index is -4.38. The maximum absolute atomic E-state index is 13.2. The molecule has 1 heterocycles. The van der Waals surface area contributed by atoms with Crippen molar-refractivity contribution < 1.29 is 32.3 Å². The number of furan rings is 1. The first-order valence-corrected chi connectivity index (χ1v) is 10.6. The van der Waals surface area contributed by atoms with Gasteiger partial charge in [-0.2, -0.15) is 13.2 Å². The second-order valence-electron chi connectivity index (χ2n) is 8.07. The number of rotatable bonds is 6. The zero-order valence-electron chi connectivity index (χ0n) is 17.6. The first kappa shape index (κ1) is 24.9. The lowest BCUT2D eigenvalue weighted by Crippen LogP contribution is -2.52.